The number of halogens is 1. The summed E-state index contributed by atoms with van der Waals surface area (Å²) in [7, 11) is 0. The maximum Gasteiger partial charge on any atom is 0.119 e. The summed E-state index contributed by atoms with van der Waals surface area (Å²) >= 11 is 5.93. The monoisotopic (exact) mass is 375 g/mol. The molecule has 2 unspecified atom stereocenters. The van der Waals surface area contributed by atoms with Gasteiger partial charge in [0.25, 0.3) is 0 Å². The number of ether oxygens (including phenoxy) is 1. The summed E-state index contributed by atoms with van der Waals surface area (Å²) in [5.74, 6) is -1.73. The number of aliphatic carboxylic acids is 1. The van der Waals surface area contributed by atoms with E-state index in [0.29, 0.717) is 22.9 Å². The van der Waals surface area contributed by atoms with E-state index in [1.54, 1.807) is 30.3 Å². The zero-order valence-electron chi connectivity index (χ0n) is 15.2. The number of aliphatic hydroxyl groups excluding tert-OH is 1. The largest absolute Gasteiger partial charge is 0.550 e. The number of hydrogen-bond acceptors (Lipinski definition) is 4. The minimum Gasteiger partial charge on any atom is -0.550 e. The Morgan fingerprint density at radius 1 is 1.19 bits per heavy atom. The van der Waals surface area contributed by atoms with Crippen molar-refractivity contribution >= 4 is 17.6 Å². The highest BCUT2D eigenvalue weighted by atomic mass is 35.5. The fraction of sp³-hybridized carbons (Fsp3) is 0.381. The first-order valence-electron chi connectivity index (χ1n) is 8.52. The van der Waals surface area contributed by atoms with E-state index in [1.165, 1.54) is 0 Å². The van der Waals surface area contributed by atoms with Gasteiger partial charge in [-0.1, -0.05) is 56.6 Å². The van der Waals surface area contributed by atoms with E-state index in [9.17, 15) is 15.0 Å². The first-order valence-corrected chi connectivity index (χ1v) is 8.89. The van der Waals surface area contributed by atoms with Crippen LogP contribution in [0.4, 0.5) is 0 Å². The molecule has 0 radical (unpaired) electrons. The Hall–Kier alpha value is -2.04. The van der Waals surface area contributed by atoms with E-state index in [2.05, 4.69) is 20.8 Å². The van der Waals surface area contributed by atoms with Crippen molar-refractivity contribution in [3.8, 4) is 5.75 Å². The number of carbonyl (C=O) groups is 1. The van der Waals surface area contributed by atoms with Crippen LogP contribution in [-0.4, -0.2) is 17.7 Å². The molecule has 0 aliphatic rings. The summed E-state index contributed by atoms with van der Waals surface area (Å²) in [6, 6.07) is 13.8. The van der Waals surface area contributed by atoms with Gasteiger partial charge in [0.05, 0.1) is 12.7 Å². The molecule has 2 aromatic carbocycles. The summed E-state index contributed by atoms with van der Waals surface area (Å²) in [5.41, 5.74) is 1.23. The van der Waals surface area contributed by atoms with E-state index in [-0.39, 0.29) is 11.8 Å². The molecule has 0 saturated carbocycles. The van der Waals surface area contributed by atoms with Gasteiger partial charge in [-0.25, -0.2) is 0 Å². The lowest BCUT2D eigenvalue weighted by Gasteiger charge is -2.25. The standard InChI is InChI=1S/C21H25ClO4/c1-21(2,3)13-26-17-9-4-6-14(10-17)11-18(20(24)25)19(23)15-7-5-8-16(22)12-15/h4-10,12,18-19,23H,11,13H2,1-3H3,(H,24,25)/p-1. The molecule has 140 valence electrons. The van der Waals surface area contributed by atoms with E-state index in [1.807, 2.05) is 18.2 Å². The van der Waals surface area contributed by atoms with Gasteiger partial charge in [-0.3, -0.25) is 0 Å². The van der Waals surface area contributed by atoms with E-state index in [4.69, 9.17) is 16.3 Å². The molecule has 0 amide bonds. The maximum absolute atomic E-state index is 11.6. The van der Waals surface area contributed by atoms with Gasteiger partial charge in [0.2, 0.25) is 0 Å². The molecule has 26 heavy (non-hydrogen) atoms. The second-order valence-corrected chi connectivity index (χ2v) is 8.06. The second kappa shape index (κ2) is 8.56. The van der Waals surface area contributed by atoms with Crippen molar-refractivity contribution < 1.29 is 19.7 Å². The number of carboxylic acid groups (broad SMARTS) is 1. The van der Waals surface area contributed by atoms with Crippen molar-refractivity contribution in [3.05, 3.63) is 64.7 Å². The third-order valence-corrected chi connectivity index (χ3v) is 4.14. The molecule has 5 heteroatoms. The lowest BCUT2D eigenvalue weighted by molar-refractivity contribution is -0.314. The smallest absolute Gasteiger partial charge is 0.119 e. The molecular weight excluding hydrogens is 352 g/mol. The first kappa shape index (κ1) is 20.3. The SMILES string of the molecule is CC(C)(C)COc1cccc(CC(C(=O)[O-])C(O)c2cccc(Cl)c2)c1. The fourth-order valence-corrected chi connectivity index (χ4v) is 2.76. The molecule has 1 N–H and O–H groups in total. The molecule has 2 atom stereocenters. The number of benzene rings is 2. The Balaban J connectivity index is 2.16. The zero-order valence-corrected chi connectivity index (χ0v) is 16.0. The van der Waals surface area contributed by atoms with Crippen LogP contribution < -0.4 is 9.84 Å². The van der Waals surface area contributed by atoms with Crippen LogP contribution in [0, 0.1) is 11.3 Å². The topological polar surface area (TPSA) is 69.6 Å². The summed E-state index contributed by atoms with van der Waals surface area (Å²) in [6.45, 7) is 6.77. The average molecular weight is 376 g/mol. The van der Waals surface area contributed by atoms with Crippen LogP contribution in [0.1, 0.15) is 38.0 Å². The molecule has 4 nitrogen and oxygen atoms in total. The lowest BCUT2D eigenvalue weighted by Crippen LogP contribution is -2.36. The Morgan fingerprint density at radius 3 is 2.50 bits per heavy atom. The number of hydrogen-bond donors (Lipinski definition) is 1. The molecular formula is C21H24ClO4-. The highest BCUT2D eigenvalue weighted by molar-refractivity contribution is 6.30. The van der Waals surface area contributed by atoms with E-state index >= 15 is 0 Å². The third kappa shape index (κ3) is 6.04. The lowest BCUT2D eigenvalue weighted by atomic mass is 9.90. The summed E-state index contributed by atoms with van der Waals surface area (Å²) < 4.78 is 5.77. The van der Waals surface area contributed by atoms with Crippen LogP contribution in [-0.2, 0) is 11.2 Å². The molecule has 0 fully saturated rings. The summed E-state index contributed by atoms with van der Waals surface area (Å²) in [6.07, 6.45) is -1.08. The normalized spacial score (nSPS) is 13.9. The Morgan fingerprint density at radius 2 is 1.88 bits per heavy atom. The van der Waals surface area contributed by atoms with Gasteiger partial charge >= 0.3 is 0 Å². The number of carboxylic acids is 1. The van der Waals surface area contributed by atoms with Crippen molar-refractivity contribution in [1.82, 2.24) is 0 Å². The maximum atomic E-state index is 11.6. The molecule has 0 bridgehead atoms. The van der Waals surface area contributed by atoms with E-state index < -0.39 is 18.0 Å². The number of aliphatic hydroxyl groups is 1. The van der Waals surface area contributed by atoms with Crippen molar-refractivity contribution in [2.45, 2.75) is 33.3 Å². The van der Waals surface area contributed by atoms with Crippen LogP contribution >= 0.6 is 11.6 Å². The minimum atomic E-state index is -1.31. The molecule has 0 aromatic heterocycles. The Labute approximate surface area is 159 Å². The molecule has 0 aliphatic carbocycles. The Bertz CT molecular complexity index is 752. The quantitative estimate of drug-likeness (QED) is 0.805. The molecule has 2 rings (SSSR count). The van der Waals surface area contributed by atoms with Gasteiger partial charge in [-0.2, -0.15) is 0 Å². The van der Waals surface area contributed by atoms with Crippen LogP contribution in [0.2, 0.25) is 5.02 Å². The molecule has 0 saturated heterocycles. The predicted molar refractivity (Wildman–Crippen MR) is 100 cm³/mol. The van der Waals surface area contributed by atoms with Gasteiger partial charge in [0, 0.05) is 16.9 Å². The second-order valence-electron chi connectivity index (χ2n) is 7.63. The first-order chi connectivity index (χ1) is 12.2. The highest BCUT2D eigenvalue weighted by Gasteiger charge is 2.23. The molecule has 0 aliphatic heterocycles. The van der Waals surface area contributed by atoms with Crippen LogP contribution in [0.3, 0.4) is 0 Å². The average Bonchev–Trinajstić information content (AvgIpc) is 2.57. The minimum absolute atomic E-state index is 0.0201. The van der Waals surface area contributed by atoms with Crippen LogP contribution in [0.15, 0.2) is 48.5 Å². The van der Waals surface area contributed by atoms with Crippen LogP contribution in [0.25, 0.3) is 0 Å². The predicted octanol–water partition coefficient (Wildman–Crippen LogP) is 3.41. The Kier molecular flexibility index (Phi) is 6.68. The highest BCUT2D eigenvalue weighted by Crippen LogP contribution is 2.28. The van der Waals surface area contributed by atoms with Crippen molar-refractivity contribution in [2.75, 3.05) is 6.61 Å². The number of rotatable bonds is 7. The van der Waals surface area contributed by atoms with E-state index in [0.717, 1.165) is 5.56 Å². The van der Waals surface area contributed by atoms with Crippen molar-refractivity contribution in [2.24, 2.45) is 11.3 Å². The van der Waals surface area contributed by atoms with Gasteiger partial charge in [-0.15, -0.1) is 0 Å². The summed E-state index contributed by atoms with van der Waals surface area (Å²) in [5, 5.41) is 22.6. The third-order valence-electron chi connectivity index (χ3n) is 3.90. The molecule has 0 heterocycles. The molecule has 2 aromatic rings. The van der Waals surface area contributed by atoms with Gasteiger partial charge < -0.3 is 19.7 Å². The van der Waals surface area contributed by atoms with Gasteiger partial charge in [0.15, 0.2) is 0 Å². The van der Waals surface area contributed by atoms with Crippen molar-refractivity contribution in [1.29, 1.82) is 0 Å². The summed E-state index contributed by atoms with van der Waals surface area (Å²) in [4.78, 5) is 11.6. The van der Waals surface area contributed by atoms with Gasteiger partial charge in [-0.05, 0) is 47.2 Å². The molecule has 0 spiro atoms. The van der Waals surface area contributed by atoms with Crippen LogP contribution in [0.5, 0.6) is 5.75 Å². The van der Waals surface area contributed by atoms with Crippen molar-refractivity contribution in [3.63, 3.8) is 0 Å². The zero-order chi connectivity index (χ0) is 19.3. The van der Waals surface area contributed by atoms with Gasteiger partial charge in [0.1, 0.15) is 5.75 Å². The fourth-order valence-electron chi connectivity index (χ4n) is 2.56. The number of carbonyl (C=O) groups excluding carboxylic acids is 1.